The van der Waals surface area contributed by atoms with Crippen LogP contribution < -0.4 is 16.6 Å². The van der Waals surface area contributed by atoms with Crippen LogP contribution in [0.3, 0.4) is 0 Å². The van der Waals surface area contributed by atoms with Gasteiger partial charge >= 0.3 is 0 Å². The second-order valence-corrected chi connectivity index (χ2v) is 3.10. The number of nitrogens with two attached hydrogens (primary N) is 1. The van der Waals surface area contributed by atoms with E-state index in [-0.39, 0.29) is 17.4 Å². The molecule has 8 nitrogen and oxygen atoms in total. The predicted molar refractivity (Wildman–Crippen MR) is 53.8 cm³/mol. The molecule has 0 atom stereocenters. The summed E-state index contributed by atoms with van der Waals surface area (Å²) in [7, 11) is 0. The highest BCUT2D eigenvalue weighted by atomic mass is 16.6. The van der Waals surface area contributed by atoms with E-state index in [4.69, 9.17) is 5.73 Å². The molecule has 16 heavy (non-hydrogen) atoms. The third kappa shape index (κ3) is 3.23. The Bertz CT molecular complexity index is 376. The third-order valence-corrected chi connectivity index (χ3v) is 1.80. The number of anilines is 1. The van der Waals surface area contributed by atoms with Gasteiger partial charge in [0, 0.05) is 6.42 Å². The number of carbonyl (C=O) groups is 2. The summed E-state index contributed by atoms with van der Waals surface area (Å²) >= 11 is 0. The highest BCUT2D eigenvalue weighted by Crippen LogP contribution is 2.02. The number of hydrogen-bond donors (Lipinski definition) is 3. The number of aromatic nitrogens is 2. The van der Waals surface area contributed by atoms with Gasteiger partial charge in [-0.15, -0.1) is 0 Å². The highest BCUT2D eigenvalue weighted by Gasteiger charge is 2.16. The summed E-state index contributed by atoms with van der Waals surface area (Å²) in [6.45, 7) is 1.97. The van der Waals surface area contributed by atoms with E-state index >= 15 is 0 Å². The van der Waals surface area contributed by atoms with Crippen LogP contribution in [0.2, 0.25) is 0 Å². The number of hydrogen-bond acceptors (Lipinski definition) is 6. The van der Waals surface area contributed by atoms with Crippen molar-refractivity contribution in [1.82, 2.24) is 21.2 Å². The molecule has 0 bridgehead atoms. The van der Waals surface area contributed by atoms with Crippen LogP contribution in [-0.4, -0.2) is 22.1 Å². The quantitative estimate of drug-likeness (QED) is 0.601. The molecule has 2 amide bonds. The van der Waals surface area contributed by atoms with Gasteiger partial charge in [0.05, 0.1) is 0 Å². The SMILES string of the molecule is CCCCC(=O)NNC(=O)c1nonc1N. The third-order valence-electron chi connectivity index (χ3n) is 1.80. The number of amides is 2. The zero-order valence-corrected chi connectivity index (χ0v) is 8.82. The van der Waals surface area contributed by atoms with Crippen LogP contribution in [0.5, 0.6) is 0 Å². The van der Waals surface area contributed by atoms with Crippen molar-refractivity contribution in [3.8, 4) is 0 Å². The van der Waals surface area contributed by atoms with Gasteiger partial charge in [0.2, 0.25) is 17.4 Å². The van der Waals surface area contributed by atoms with Gasteiger partial charge in [0.15, 0.2) is 0 Å². The topological polar surface area (TPSA) is 123 Å². The van der Waals surface area contributed by atoms with Gasteiger partial charge in [-0.25, -0.2) is 4.63 Å². The molecule has 0 aliphatic heterocycles. The van der Waals surface area contributed by atoms with Gasteiger partial charge in [-0.2, -0.15) is 0 Å². The molecule has 0 aromatic carbocycles. The minimum atomic E-state index is -0.663. The first kappa shape index (κ1) is 12.0. The van der Waals surface area contributed by atoms with E-state index in [1.165, 1.54) is 0 Å². The lowest BCUT2D eigenvalue weighted by Crippen LogP contribution is -2.41. The second kappa shape index (κ2) is 5.69. The van der Waals surface area contributed by atoms with Crippen LogP contribution in [-0.2, 0) is 4.79 Å². The zero-order chi connectivity index (χ0) is 12.0. The molecular formula is C8H13N5O3. The minimum Gasteiger partial charge on any atom is -0.379 e. The van der Waals surface area contributed by atoms with Crippen LogP contribution >= 0.6 is 0 Å². The maximum absolute atomic E-state index is 11.3. The fraction of sp³-hybridized carbons (Fsp3) is 0.500. The van der Waals surface area contributed by atoms with Gasteiger partial charge in [-0.1, -0.05) is 13.3 Å². The van der Waals surface area contributed by atoms with Gasteiger partial charge in [-0.3, -0.25) is 20.4 Å². The molecule has 8 heteroatoms. The molecule has 0 radical (unpaired) electrons. The van der Waals surface area contributed by atoms with E-state index in [0.717, 1.165) is 12.8 Å². The van der Waals surface area contributed by atoms with Crippen molar-refractivity contribution in [2.24, 2.45) is 0 Å². The molecule has 1 aromatic rings. The molecule has 1 heterocycles. The van der Waals surface area contributed by atoms with E-state index in [9.17, 15) is 9.59 Å². The number of nitrogen functional groups attached to an aromatic ring is 1. The standard InChI is InChI=1S/C8H13N5O3/c1-2-3-4-5(14)10-11-8(15)6-7(9)13-16-12-6/h2-4H2,1H3,(H2,9,13)(H,10,14)(H,11,15). The first-order valence-corrected chi connectivity index (χ1v) is 4.82. The Kier molecular flexibility index (Phi) is 4.25. The Labute approximate surface area is 91.5 Å². The van der Waals surface area contributed by atoms with Crippen molar-refractivity contribution in [3.05, 3.63) is 5.69 Å². The average molecular weight is 227 g/mol. The summed E-state index contributed by atoms with van der Waals surface area (Å²) < 4.78 is 4.24. The number of nitrogens with zero attached hydrogens (tertiary/aromatic N) is 2. The molecule has 4 N–H and O–H groups in total. The molecule has 0 unspecified atom stereocenters. The summed E-state index contributed by atoms with van der Waals surface area (Å²) in [5.74, 6) is -1.06. The number of hydrazine groups is 1. The highest BCUT2D eigenvalue weighted by molar-refractivity contribution is 5.96. The molecule has 0 fully saturated rings. The van der Waals surface area contributed by atoms with Crippen LogP contribution in [0, 0.1) is 0 Å². The molecule has 0 aliphatic rings. The van der Waals surface area contributed by atoms with Crippen LogP contribution in [0.4, 0.5) is 5.82 Å². The maximum atomic E-state index is 11.3. The van der Waals surface area contributed by atoms with E-state index in [0.29, 0.717) is 6.42 Å². The van der Waals surface area contributed by atoms with Crippen molar-refractivity contribution < 1.29 is 14.2 Å². The maximum Gasteiger partial charge on any atom is 0.295 e. The number of rotatable bonds is 4. The summed E-state index contributed by atoms with van der Waals surface area (Å²) in [5.41, 5.74) is 9.51. The van der Waals surface area contributed by atoms with E-state index in [2.05, 4.69) is 25.8 Å². The van der Waals surface area contributed by atoms with Crippen molar-refractivity contribution in [2.45, 2.75) is 26.2 Å². The summed E-state index contributed by atoms with van der Waals surface area (Å²) in [6.07, 6.45) is 2.01. The van der Waals surface area contributed by atoms with Crippen LogP contribution in [0.1, 0.15) is 36.7 Å². The van der Waals surface area contributed by atoms with Crippen molar-refractivity contribution in [3.63, 3.8) is 0 Å². The van der Waals surface area contributed by atoms with Gasteiger partial charge in [-0.05, 0) is 16.7 Å². The van der Waals surface area contributed by atoms with Crippen molar-refractivity contribution in [1.29, 1.82) is 0 Å². The number of carbonyl (C=O) groups excluding carboxylic acids is 2. The molecule has 0 saturated heterocycles. The smallest absolute Gasteiger partial charge is 0.295 e. The zero-order valence-electron chi connectivity index (χ0n) is 8.82. The minimum absolute atomic E-state index is 0.125. The molecule has 0 saturated carbocycles. The first-order chi connectivity index (χ1) is 7.65. The summed E-state index contributed by atoms with van der Waals surface area (Å²) in [6, 6.07) is 0. The number of nitrogens with one attached hydrogen (secondary N) is 2. The second-order valence-electron chi connectivity index (χ2n) is 3.10. The molecule has 0 spiro atoms. The van der Waals surface area contributed by atoms with Crippen LogP contribution in [0.25, 0.3) is 0 Å². The lowest BCUT2D eigenvalue weighted by atomic mass is 10.2. The Morgan fingerprint density at radius 2 is 2.12 bits per heavy atom. The first-order valence-electron chi connectivity index (χ1n) is 4.82. The molecular weight excluding hydrogens is 214 g/mol. The van der Waals surface area contributed by atoms with Gasteiger partial charge < -0.3 is 5.73 Å². The lowest BCUT2D eigenvalue weighted by molar-refractivity contribution is -0.121. The van der Waals surface area contributed by atoms with E-state index in [1.807, 2.05) is 6.92 Å². The van der Waals surface area contributed by atoms with E-state index in [1.54, 1.807) is 0 Å². The fourth-order valence-electron chi connectivity index (χ4n) is 0.939. The molecule has 0 aliphatic carbocycles. The fourth-order valence-corrected chi connectivity index (χ4v) is 0.939. The Morgan fingerprint density at radius 1 is 1.38 bits per heavy atom. The Morgan fingerprint density at radius 3 is 2.69 bits per heavy atom. The lowest BCUT2D eigenvalue weighted by Gasteiger charge is -2.04. The number of unbranched alkanes of at least 4 members (excludes halogenated alkanes) is 1. The van der Waals surface area contributed by atoms with Gasteiger partial charge in [0.25, 0.3) is 5.91 Å². The summed E-state index contributed by atoms with van der Waals surface area (Å²) in [5, 5.41) is 6.51. The summed E-state index contributed by atoms with van der Waals surface area (Å²) in [4.78, 5) is 22.5. The monoisotopic (exact) mass is 227 g/mol. The normalized spacial score (nSPS) is 9.81. The largest absolute Gasteiger partial charge is 0.379 e. The van der Waals surface area contributed by atoms with Crippen LogP contribution in [0.15, 0.2) is 4.63 Å². The molecule has 88 valence electrons. The van der Waals surface area contributed by atoms with Gasteiger partial charge in [0.1, 0.15) is 0 Å². The molecule has 1 aromatic heterocycles. The Balaban J connectivity index is 2.36. The Hall–Kier alpha value is -2.12. The van der Waals surface area contributed by atoms with E-state index < -0.39 is 5.91 Å². The van der Waals surface area contributed by atoms with Crippen molar-refractivity contribution in [2.75, 3.05) is 5.73 Å². The molecule has 1 rings (SSSR count). The average Bonchev–Trinajstić information content (AvgIpc) is 2.69. The predicted octanol–water partition coefficient (Wildman–Crippen LogP) is -0.397. The van der Waals surface area contributed by atoms with Crippen molar-refractivity contribution >= 4 is 17.6 Å².